The van der Waals surface area contributed by atoms with Crippen molar-refractivity contribution in [1.29, 1.82) is 0 Å². The van der Waals surface area contributed by atoms with E-state index in [1.807, 2.05) is 0 Å². The highest BCUT2D eigenvalue weighted by Gasteiger charge is 2.49. The van der Waals surface area contributed by atoms with E-state index in [2.05, 4.69) is 25.1 Å². The number of benzene rings is 1. The predicted molar refractivity (Wildman–Crippen MR) is 157 cm³/mol. The van der Waals surface area contributed by atoms with Gasteiger partial charge in [0.15, 0.2) is 5.82 Å². The lowest BCUT2D eigenvalue weighted by atomic mass is 9.95. The maximum atomic E-state index is 16.7. The molecule has 4 saturated heterocycles. The number of hydrogen-bond donors (Lipinski definition) is 2. The Balaban J connectivity index is 1.38. The Morgan fingerprint density at radius 2 is 1.86 bits per heavy atom. The van der Waals surface area contributed by atoms with Crippen molar-refractivity contribution in [3.63, 3.8) is 0 Å². The zero-order valence-corrected chi connectivity index (χ0v) is 25.0. The molecule has 4 aliphatic rings. The number of alkyl halides is 3. The summed E-state index contributed by atoms with van der Waals surface area (Å²) < 4.78 is 66.8. The average molecular weight is 641 g/mol. The van der Waals surface area contributed by atoms with Gasteiger partial charge in [0.25, 0.3) is 5.92 Å². The van der Waals surface area contributed by atoms with Crippen LogP contribution in [0.25, 0.3) is 22.2 Å². The summed E-state index contributed by atoms with van der Waals surface area (Å²) in [6, 6.07) is 2.96. The number of piperazine rings is 1. The smallest absolute Gasteiger partial charge is 0.319 e. The molecule has 2 aromatic heterocycles. The lowest BCUT2D eigenvalue weighted by Crippen LogP contribution is -2.51. The number of nitrogens with one attached hydrogen (secondary N) is 1. The van der Waals surface area contributed by atoms with Gasteiger partial charge in [-0.2, -0.15) is 9.97 Å². The molecule has 2 unspecified atom stereocenters. The maximum absolute atomic E-state index is 16.7. The van der Waals surface area contributed by atoms with Crippen molar-refractivity contribution in [2.45, 2.75) is 68.7 Å². The van der Waals surface area contributed by atoms with E-state index in [4.69, 9.17) is 38.7 Å². The Hall–Kier alpha value is -2.67. The van der Waals surface area contributed by atoms with Crippen molar-refractivity contribution < 1.29 is 22.3 Å². The van der Waals surface area contributed by atoms with Gasteiger partial charge in [0.2, 0.25) is 0 Å². The molecule has 0 spiro atoms. The molecule has 7 rings (SSSR count). The number of nitrogen functional groups attached to an aromatic ring is 1. The first-order chi connectivity index (χ1) is 20.4. The molecule has 4 aliphatic heterocycles. The Bertz CT molecular complexity index is 1600. The zero-order chi connectivity index (χ0) is 30.3. The van der Waals surface area contributed by atoms with Crippen LogP contribution in [0.4, 0.5) is 29.2 Å². The van der Waals surface area contributed by atoms with E-state index in [9.17, 15) is 13.2 Å². The standard InChI is InChI=1S/C29H31Cl2F4N7O/c1-28(34,35)22-19(31)8-20(36)38-25(22)21-18(30)7-17-24(23(21)33)39-27(40-26(17)41-11-15-3-4-16(12-41)37-15)43-13-29-5-2-6-42(29)10-14(32)9-29/h7-8,14-16,37H,2-6,9-13H2,1H3,(H2,36,38)/t14-,15?,16?,29+/m1/s1. The van der Waals surface area contributed by atoms with Crippen molar-refractivity contribution in [2.75, 3.05) is 43.4 Å². The Morgan fingerprint density at radius 3 is 2.58 bits per heavy atom. The van der Waals surface area contributed by atoms with Gasteiger partial charge in [-0.15, -0.1) is 0 Å². The van der Waals surface area contributed by atoms with Crippen LogP contribution in [0, 0.1) is 5.82 Å². The van der Waals surface area contributed by atoms with Crippen LogP contribution in [-0.4, -0.2) is 76.4 Å². The van der Waals surface area contributed by atoms with E-state index < -0.39 is 40.3 Å². The molecular formula is C29H31Cl2F4N7O. The number of fused-ring (bicyclic) bond motifs is 4. The first-order valence-corrected chi connectivity index (χ1v) is 15.2. The molecule has 8 nitrogen and oxygen atoms in total. The summed E-state index contributed by atoms with van der Waals surface area (Å²) in [6.07, 6.45) is 3.12. The van der Waals surface area contributed by atoms with Gasteiger partial charge in [-0.1, -0.05) is 23.2 Å². The lowest BCUT2D eigenvalue weighted by Gasteiger charge is -2.34. The second kappa shape index (κ2) is 10.5. The van der Waals surface area contributed by atoms with Gasteiger partial charge in [-0.3, -0.25) is 4.90 Å². The van der Waals surface area contributed by atoms with Gasteiger partial charge in [-0.05, 0) is 44.4 Å². The summed E-state index contributed by atoms with van der Waals surface area (Å²) in [5.74, 6) is -4.19. The average Bonchev–Trinajstić information content (AvgIpc) is 3.56. The van der Waals surface area contributed by atoms with Crippen LogP contribution in [0.1, 0.15) is 44.6 Å². The van der Waals surface area contributed by atoms with Gasteiger partial charge in [0.05, 0.1) is 32.4 Å². The summed E-state index contributed by atoms with van der Waals surface area (Å²) in [5.41, 5.74) is 3.66. The minimum absolute atomic E-state index is 0.0799. The molecule has 2 bridgehead atoms. The molecule has 3 aromatic rings. The van der Waals surface area contributed by atoms with Crippen molar-refractivity contribution in [1.82, 2.24) is 25.2 Å². The van der Waals surface area contributed by atoms with Crippen molar-refractivity contribution in [2.24, 2.45) is 0 Å². The summed E-state index contributed by atoms with van der Waals surface area (Å²) in [5, 5.41) is 3.35. The fraction of sp³-hybridized carbons (Fsp3) is 0.552. The monoisotopic (exact) mass is 639 g/mol. The predicted octanol–water partition coefficient (Wildman–Crippen LogP) is 5.73. The molecule has 0 saturated carbocycles. The highest BCUT2D eigenvalue weighted by molar-refractivity contribution is 6.35. The Morgan fingerprint density at radius 1 is 1.12 bits per heavy atom. The number of aromatic nitrogens is 3. The van der Waals surface area contributed by atoms with Crippen LogP contribution >= 0.6 is 23.2 Å². The van der Waals surface area contributed by atoms with Crippen molar-refractivity contribution >= 4 is 45.7 Å². The number of nitrogens with zero attached hydrogens (tertiary/aromatic N) is 5. The van der Waals surface area contributed by atoms with Gasteiger partial charge in [0.1, 0.15) is 29.9 Å². The highest BCUT2D eigenvalue weighted by atomic mass is 35.5. The zero-order valence-electron chi connectivity index (χ0n) is 23.4. The highest BCUT2D eigenvalue weighted by Crippen LogP contribution is 2.46. The minimum Gasteiger partial charge on any atom is -0.461 e. The molecule has 0 radical (unpaired) electrons. The molecule has 4 fully saturated rings. The van der Waals surface area contributed by atoms with Crippen LogP contribution in [-0.2, 0) is 5.92 Å². The quantitative estimate of drug-likeness (QED) is 0.331. The molecule has 6 heterocycles. The van der Waals surface area contributed by atoms with Crippen LogP contribution in [0.2, 0.25) is 10.0 Å². The van der Waals surface area contributed by atoms with E-state index in [1.165, 1.54) is 6.07 Å². The fourth-order valence-corrected chi connectivity index (χ4v) is 8.08. The van der Waals surface area contributed by atoms with Crippen molar-refractivity contribution in [3.8, 4) is 17.3 Å². The van der Waals surface area contributed by atoms with Gasteiger partial charge in [0, 0.05) is 50.4 Å². The number of halogens is 6. The van der Waals surface area contributed by atoms with Crippen LogP contribution in [0.3, 0.4) is 0 Å². The topological polar surface area (TPSA) is 92.4 Å². The largest absolute Gasteiger partial charge is 0.461 e. The number of ether oxygens (including phenoxy) is 1. The summed E-state index contributed by atoms with van der Waals surface area (Å²) in [4.78, 5) is 17.4. The summed E-state index contributed by atoms with van der Waals surface area (Å²) >= 11 is 12.8. The van der Waals surface area contributed by atoms with E-state index in [1.54, 1.807) is 0 Å². The molecule has 4 atom stereocenters. The van der Waals surface area contributed by atoms with Crippen molar-refractivity contribution in [3.05, 3.63) is 33.6 Å². The first-order valence-electron chi connectivity index (χ1n) is 14.5. The fourth-order valence-electron chi connectivity index (χ4n) is 7.43. The molecule has 14 heteroatoms. The van der Waals surface area contributed by atoms with Crippen LogP contribution in [0.5, 0.6) is 6.01 Å². The van der Waals surface area contributed by atoms with E-state index in [0.717, 1.165) is 38.3 Å². The first kappa shape index (κ1) is 29.1. The maximum Gasteiger partial charge on any atom is 0.319 e. The number of hydrogen-bond acceptors (Lipinski definition) is 8. The van der Waals surface area contributed by atoms with E-state index in [-0.39, 0.29) is 46.1 Å². The third-order valence-electron chi connectivity index (χ3n) is 9.26. The lowest BCUT2D eigenvalue weighted by molar-refractivity contribution is 0.0179. The van der Waals surface area contributed by atoms with E-state index in [0.29, 0.717) is 44.2 Å². The minimum atomic E-state index is -3.48. The second-order valence-corrected chi connectivity index (χ2v) is 13.1. The number of rotatable bonds is 6. The molecule has 3 N–H and O–H groups in total. The van der Waals surface area contributed by atoms with Gasteiger partial charge >= 0.3 is 6.01 Å². The van der Waals surface area contributed by atoms with Gasteiger partial charge < -0.3 is 20.7 Å². The second-order valence-electron chi connectivity index (χ2n) is 12.3. The third-order valence-corrected chi connectivity index (χ3v) is 9.85. The summed E-state index contributed by atoms with van der Waals surface area (Å²) in [7, 11) is 0. The molecule has 230 valence electrons. The number of nitrogens with two attached hydrogens (primary N) is 1. The summed E-state index contributed by atoms with van der Waals surface area (Å²) in [6.45, 7) is 3.18. The number of pyridine rings is 1. The SMILES string of the molecule is CC(F)(F)c1c(Cl)cc(N)nc1-c1c(Cl)cc2c(N3CC4CCC(C3)N4)nc(OC[C@@]34CCCN3C[C@H](F)C4)nc2c1F. The Kier molecular flexibility index (Phi) is 7.07. The van der Waals surface area contributed by atoms with E-state index >= 15 is 4.39 Å². The Labute approximate surface area is 255 Å². The molecular weight excluding hydrogens is 609 g/mol. The van der Waals surface area contributed by atoms with Crippen LogP contribution in [0.15, 0.2) is 12.1 Å². The molecule has 1 aromatic carbocycles. The van der Waals surface area contributed by atoms with Gasteiger partial charge in [-0.25, -0.2) is 22.5 Å². The number of anilines is 2. The molecule has 0 aliphatic carbocycles. The normalized spacial score (nSPS) is 27.3. The third kappa shape index (κ3) is 5.04. The molecule has 43 heavy (non-hydrogen) atoms. The van der Waals surface area contributed by atoms with Crippen LogP contribution < -0.4 is 20.7 Å². The molecule has 0 amide bonds.